The number of alkyl halides is 3. The third kappa shape index (κ3) is 3.59. The summed E-state index contributed by atoms with van der Waals surface area (Å²) >= 11 is 0. The van der Waals surface area contributed by atoms with Crippen LogP contribution >= 0.6 is 0 Å². The molecule has 0 atom stereocenters. The summed E-state index contributed by atoms with van der Waals surface area (Å²) in [5.74, 6) is 0.160. The number of halogens is 3. The number of aryl methyl sites for hydroxylation is 1. The molecule has 2 aromatic carbocycles. The van der Waals surface area contributed by atoms with Crippen LogP contribution in [0.4, 0.5) is 13.2 Å². The van der Waals surface area contributed by atoms with Crippen LogP contribution in [0.1, 0.15) is 5.69 Å². The van der Waals surface area contributed by atoms with Gasteiger partial charge >= 0.3 is 6.36 Å². The molecule has 0 fully saturated rings. The van der Waals surface area contributed by atoms with Gasteiger partial charge in [-0.05, 0) is 43.3 Å². The number of aromatic nitrogens is 3. The summed E-state index contributed by atoms with van der Waals surface area (Å²) in [6.07, 6.45) is -4.74. The van der Waals surface area contributed by atoms with Gasteiger partial charge in [0.15, 0.2) is 0 Å². The molecule has 0 saturated carbocycles. The van der Waals surface area contributed by atoms with Gasteiger partial charge in [0, 0.05) is 10.9 Å². The fourth-order valence-electron chi connectivity index (χ4n) is 2.68. The van der Waals surface area contributed by atoms with Gasteiger partial charge in [-0.15, -0.1) is 23.4 Å². The standard InChI is InChI=1S/C19H12F3N3O2/c1-11-15(10-13-4-2-3-5-16(13)23-11)18-25-24-17(26-18)12-6-8-14(9-7-12)27-19(20,21)22/h2-10H,1H3. The van der Waals surface area contributed by atoms with E-state index in [9.17, 15) is 13.2 Å². The number of nitrogens with zero attached hydrogens (tertiary/aromatic N) is 3. The maximum Gasteiger partial charge on any atom is 0.573 e. The number of hydrogen-bond donors (Lipinski definition) is 0. The Morgan fingerprint density at radius 2 is 1.63 bits per heavy atom. The maximum atomic E-state index is 12.2. The van der Waals surface area contributed by atoms with Gasteiger partial charge in [-0.2, -0.15) is 0 Å². The predicted molar refractivity (Wildman–Crippen MR) is 91.9 cm³/mol. The molecule has 0 radical (unpaired) electrons. The number of ether oxygens (including phenoxy) is 1. The van der Waals surface area contributed by atoms with Crippen LogP contribution in [-0.2, 0) is 0 Å². The summed E-state index contributed by atoms with van der Waals surface area (Å²) < 4.78 is 46.3. The molecule has 136 valence electrons. The molecule has 0 bridgehead atoms. The van der Waals surface area contributed by atoms with Crippen LogP contribution < -0.4 is 4.74 Å². The molecular weight excluding hydrogens is 359 g/mol. The Hall–Kier alpha value is -3.42. The van der Waals surface area contributed by atoms with Crippen molar-refractivity contribution in [3.8, 4) is 28.7 Å². The van der Waals surface area contributed by atoms with Crippen molar-refractivity contribution in [2.24, 2.45) is 0 Å². The molecule has 2 aromatic heterocycles. The quantitative estimate of drug-likeness (QED) is 0.498. The molecule has 0 spiro atoms. The molecule has 5 nitrogen and oxygen atoms in total. The second-order valence-corrected chi connectivity index (χ2v) is 5.80. The molecule has 0 N–H and O–H groups in total. The van der Waals surface area contributed by atoms with Gasteiger partial charge in [0.2, 0.25) is 11.8 Å². The van der Waals surface area contributed by atoms with Gasteiger partial charge in [-0.1, -0.05) is 18.2 Å². The predicted octanol–water partition coefficient (Wildman–Crippen LogP) is 5.16. The largest absolute Gasteiger partial charge is 0.573 e. The smallest absolute Gasteiger partial charge is 0.416 e. The highest BCUT2D eigenvalue weighted by Gasteiger charge is 2.31. The molecule has 0 unspecified atom stereocenters. The second-order valence-electron chi connectivity index (χ2n) is 5.80. The van der Waals surface area contributed by atoms with Gasteiger partial charge in [0.25, 0.3) is 0 Å². The highest BCUT2D eigenvalue weighted by Crippen LogP contribution is 2.29. The van der Waals surface area contributed by atoms with Crippen LogP contribution in [0.25, 0.3) is 33.8 Å². The van der Waals surface area contributed by atoms with E-state index >= 15 is 0 Å². The fourth-order valence-corrected chi connectivity index (χ4v) is 2.68. The van der Waals surface area contributed by atoms with Crippen molar-refractivity contribution >= 4 is 10.9 Å². The third-order valence-electron chi connectivity index (χ3n) is 3.90. The normalized spacial score (nSPS) is 11.7. The minimum Gasteiger partial charge on any atom is -0.416 e. The van der Waals surface area contributed by atoms with Crippen molar-refractivity contribution < 1.29 is 22.3 Å². The number of fused-ring (bicyclic) bond motifs is 1. The third-order valence-corrected chi connectivity index (χ3v) is 3.90. The topological polar surface area (TPSA) is 61.0 Å². The zero-order valence-electron chi connectivity index (χ0n) is 14.0. The number of para-hydroxylation sites is 1. The average molecular weight is 371 g/mol. The lowest BCUT2D eigenvalue weighted by Gasteiger charge is -2.08. The van der Waals surface area contributed by atoms with Crippen LogP contribution in [0.3, 0.4) is 0 Å². The van der Waals surface area contributed by atoms with E-state index in [-0.39, 0.29) is 17.5 Å². The van der Waals surface area contributed by atoms with Crippen LogP contribution in [0.2, 0.25) is 0 Å². The summed E-state index contributed by atoms with van der Waals surface area (Å²) in [7, 11) is 0. The van der Waals surface area contributed by atoms with E-state index in [0.29, 0.717) is 11.1 Å². The molecule has 2 heterocycles. The van der Waals surface area contributed by atoms with E-state index in [4.69, 9.17) is 4.42 Å². The molecule has 0 aliphatic rings. The first-order chi connectivity index (χ1) is 12.9. The Labute approximate surface area is 151 Å². The number of benzene rings is 2. The fraction of sp³-hybridized carbons (Fsp3) is 0.105. The van der Waals surface area contributed by atoms with Gasteiger partial charge in [0.05, 0.1) is 16.8 Å². The molecule has 8 heteroatoms. The van der Waals surface area contributed by atoms with Crippen molar-refractivity contribution in [1.82, 2.24) is 15.2 Å². The second kappa shape index (κ2) is 6.39. The van der Waals surface area contributed by atoms with Crippen molar-refractivity contribution in [3.05, 3.63) is 60.3 Å². The first-order valence-corrected chi connectivity index (χ1v) is 7.95. The molecule has 4 rings (SSSR count). The summed E-state index contributed by atoms with van der Waals surface area (Å²) in [6.45, 7) is 1.84. The summed E-state index contributed by atoms with van der Waals surface area (Å²) in [5.41, 5.74) is 2.77. The summed E-state index contributed by atoms with van der Waals surface area (Å²) in [6, 6.07) is 14.8. The lowest BCUT2D eigenvalue weighted by molar-refractivity contribution is -0.274. The van der Waals surface area contributed by atoms with Crippen LogP contribution in [-0.4, -0.2) is 21.5 Å². The van der Waals surface area contributed by atoms with Gasteiger partial charge in [-0.25, -0.2) is 0 Å². The van der Waals surface area contributed by atoms with E-state index < -0.39 is 6.36 Å². The van der Waals surface area contributed by atoms with E-state index in [2.05, 4.69) is 19.9 Å². The van der Waals surface area contributed by atoms with E-state index in [0.717, 1.165) is 16.6 Å². The van der Waals surface area contributed by atoms with Crippen molar-refractivity contribution in [1.29, 1.82) is 0 Å². The molecule has 4 aromatic rings. The lowest BCUT2D eigenvalue weighted by Crippen LogP contribution is -2.16. The summed E-state index contributed by atoms with van der Waals surface area (Å²) in [4.78, 5) is 4.53. The Morgan fingerprint density at radius 3 is 2.37 bits per heavy atom. The van der Waals surface area contributed by atoms with Crippen LogP contribution in [0, 0.1) is 6.92 Å². The molecule has 0 aliphatic carbocycles. The SMILES string of the molecule is Cc1nc2ccccc2cc1-c1nnc(-c2ccc(OC(F)(F)F)cc2)o1. The minimum absolute atomic E-state index is 0.191. The summed E-state index contributed by atoms with van der Waals surface area (Å²) in [5, 5.41) is 8.96. The van der Waals surface area contributed by atoms with Crippen LogP contribution in [0.15, 0.2) is 59.0 Å². The monoisotopic (exact) mass is 371 g/mol. The minimum atomic E-state index is -4.74. The number of rotatable bonds is 3. The van der Waals surface area contributed by atoms with Crippen molar-refractivity contribution in [2.75, 3.05) is 0 Å². The van der Waals surface area contributed by atoms with Crippen LogP contribution in [0.5, 0.6) is 5.75 Å². The van der Waals surface area contributed by atoms with E-state index in [1.807, 2.05) is 37.3 Å². The number of hydrogen-bond acceptors (Lipinski definition) is 5. The Balaban J connectivity index is 1.65. The Kier molecular flexibility index (Phi) is 4.02. The van der Waals surface area contributed by atoms with Gasteiger partial charge in [0.1, 0.15) is 5.75 Å². The van der Waals surface area contributed by atoms with Gasteiger partial charge < -0.3 is 9.15 Å². The molecule has 0 amide bonds. The first kappa shape index (κ1) is 17.0. The lowest BCUT2D eigenvalue weighted by atomic mass is 10.1. The molecule has 0 saturated heterocycles. The highest BCUT2D eigenvalue weighted by molar-refractivity contribution is 5.83. The highest BCUT2D eigenvalue weighted by atomic mass is 19.4. The van der Waals surface area contributed by atoms with Crippen molar-refractivity contribution in [3.63, 3.8) is 0 Å². The molecular formula is C19H12F3N3O2. The van der Waals surface area contributed by atoms with Crippen molar-refractivity contribution in [2.45, 2.75) is 13.3 Å². The Bertz CT molecular complexity index is 1110. The van der Waals surface area contributed by atoms with E-state index in [1.54, 1.807) is 0 Å². The number of pyridine rings is 1. The molecule has 0 aliphatic heterocycles. The first-order valence-electron chi connectivity index (χ1n) is 7.95. The maximum absolute atomic E-state index is 12.2. The Morgan fingerprint density at radius 1 is 0.926 bits per heavy atom. The molecule has 27 heavy (non-hydrogen) atoms. The zero-order chi connectivity index (χ0) is 19.0. The van der Waals surface area contributed by atoms with E-state index in [1.165, 1.54) is 24.3 Å². The van der Waals surface area contributed by atoms with Gasteiger partial charge in [-0.3, -0.25) is 4.98 Å². The zero-order valence-corrected chi connectivity index (χ0v) is 14.0. The average Bonchev–Trinajstić information content (AvgIpc) is 3.10.